The van der Waals surface area contributed by atoms with Crippen molar-refractivity contribution in [1.82, 2.24) is 10.2 Å². The zero-order valence-corrected chi connectivity index (χ0v) is 12.6. The molecule has 1 unspecified atom stereocenters. The Bertz CT molecular complexity index is 280. The second-order valence-corrected chi connectivity index (χ2v) is 5.39. The van der Waals surface area contributed by atoms with Gasteiger partial charge in [-0.15, -0.1) is 0 Å². The van der Waals surface area contributed by atoms with Crippen molar-refractivity contribution in [3.8, 4) is 0 Å². The second kappa shape index (κ2) is 9.64. The van der Waals surface area contributed by atoms with Crippen LogP contribution in [0.15, 0.2) is 0 Å². The Labute approximate surface area is 116 Å². The van der Waals surface area contributed by atoms with Gasteiger partial charge in [-0.25, -0.2) is 4.79 Å². The van der Waals surface area contributed by atoms with Gasteiger partial charge in [0, 0.05) is 26.1 Å². The lowest BCUT2D eigenvalue weighted by atomic mass is 10.1. The average Bonchev–Trinajstić information content (AvgIpc) is 2.34. The molecule has 0 heterocycles. The minimum Gasteiger partial charge on any atom is -0.481 e. The van der Waals surface area contributed by atoms with Gasteiger partial charge in [0.1, 0.15) is 0 Å². The molecule has 2 N–H and O–H groups in total. The Morgan fingerprint density at radius 1 is 1.11 bits per heavy atom. The number of aliphatic carboxylic acids is 1. The lowest BCUT2D eigenvalue weighted by Crippen LogP contribution is -2.44. The van der Waals surface area contributed by atoms with Crippen LogP contribution in [-0.2, 0) is 4.79 Å². The molecular formula is C14H28N2O3. The molecule has 5 nitrogen and oxygen atoms in total. The molecule has 0 aromatic carbocycles. The Morgan fingerprint density at radius 3 is 2.21 bits per heavy atom. The number of urea groups is 1. The van der Waals surface area contributed by atoms with Gasteiger partial charge in [0.15, 0.2) is 0 Å². The summed E-state index contributed by atoms with van der Waals surface area (Å²) in [5, 5.41) is 11.4. The number of carboxylic acids is 1. The fraction of sp³-hybridized carbons (Fsp3) is 0.857. The summed E-state index contributed by atoms with van der Waals surface area (Å²) >= 11 is 0. The van der Waals surface area contributed by atoms with Crippen LogP contribution in [0.4, 0.5) is 4.79 Å². The van der Waals surface area contributed by atoms with Crippen molar-refractivity contribution < 1.29 is 14.7 Å². The number of carbonyl (C=O) groups is 2. The highest BCUT2D eigenvalue weighted by atomic mass is 16.4. The van der Waals surface area contributed by atoms with Gasteiger partial charge < -0.3 is 15.3 Å². The summed E-state index contributed by atoms with van der Waals surface area (Å²) in [5.41, 5.74) is 0. The highest BCUT2D eigenvalue weighted by molar-refractivity contribution is 5.74. The van der Waals surface area contributed by atoms with E-state index in [0.717, 1.165) is 19.3 Å². The van der Waals surface area contributed by atoms with Gasteiger partial charge in [-0.1, -0.05) is 26.7 Å². The topological polar surface area (TPSA) is 69.6 Å². The number of rotatable bonds is 9. The molecule has 0 rings (SSSR count). The van der Waals surface area contributed by atoms with Crippen molar-refractivity contribution in [2.75, 3.05) is 13.6 Å². The highest BCUT2D eigenvalue weighted by Crippen LogP contribution is 2.08. The number of hydrogen-bond acceptors (Lipinski definition) is 2. The molecule has 0 fully saturated rings. The maximum Gasteiger partial charge on any atom is 0.317 e. The Kier molecular flexibility index (Phi) is 9.00. The van der Waals surface area contributed by atoms with Gasteiger partial charge in [-0.2, -0.15) is 0 Å². The third kappa shape index (κ3) is 8.46. The second-order valence-electron chi connectivity index (χ2n) is 5.39. The number of nitrogens with one attached hydrogen (secondary N) is 1. The zero-order chi connectivity index (χ0) is 14.8. The first kappa shape index (κ1) is 17.7. The van der Waals surface area contributed by atoms with Crippen molar-refractivity contribution in [3.05, 3.63) is 0 Å². The quantitative estimate of drug-likeness (QED) is 0.634. The fourth-order valence-corrected chi connectivity index (χ4v) is 1.71. The highest BCUT2D eigenvalue weighted by Gasteiger charge is 2.17. The minimum absolute atomic E-state index is 0.0354. The van der Waals surface area contributed by atoms with Crippen LogP contribution in [0.5, 0.6) is 0 Å². The Hall–Kier alpha value is -1.26. The predicted molar refractivity (Wildman–Crippen MR) is 76.2 cm³/mol. The van der Waals surface area contributed by atoms with Crippen LogP contribution >= 0.6 is 0 Å². The molecule has 0 aromatic heterocycles. The van der Waals surface area contributed by atoms with E-state index in [2.05, 4.69) is 19.2 Å². The monoisotopic (exact) mass is 272 g/mol. The van der Waals surface area contributed by atoms with Crippen molar-refractivity contribution in [2.24, 2.45) is 5.92 Å². The SMILES string of the molecule is CC(C)C(C)N(C)C(=O)NCCCCCCC(=O)O. The van der Waals surface area contributed by atoms with E-state index < -0.39 is 5.97 Å². The van der Waals surface area contributed by atoms with E-state index >= 15 is 0 Å². The minimum atomic E-state index is -0.738. The first-order valence-electron chi connectivity index (χ1n) is 7.08. The summed E-state index contributed by atoms with van der Waals surface area (Å²) < 4.78 is 0. The summed E-state index contributed by atoms with van der Waals surface area (Å²) in [5.74, 6) is -0.302. The molecule has 19 heavy (non-hydrogen) atoms. The smallest absolute Gasteiger partial charge is 0.317 e. The first-order valence-corrected chi connectivity index (χ1v) is 7.08. The molecule has 0 aliphatic rings. The standard InChI is InChI=1S/C14H28N2O3/c1-11(2)12(3)16(4)14(19)15-10-8-6-5-7-9-13(17)18/h11-12H,5-10H2,1-4H3,(H,15,19)(H,17,18). The molecule has 0 spiro atoms. The van der Waals surface area contributed by atoms with Crippen molar-refractivity contribution in [1.29, 1.82) is 0 Å². The van der Waals surface area contributed by atoms with E-state index in [1.54, 1.807) is 4.90 Å². The van der Waals surface area contributed by atoms with Crippen molar-refractivity contribution in [2.45, 2.75) is 58.9 Å². The largest absolute Gasteiger partial charge is 0.481 e. The summed E-state index contributed by atoms with van der Waals surface area (Å²) in [7, 11) is 1.81. The van der Waals surface area contributed by atoms with Crippen molar-refractivity contribution >= 4 is 12.0 Å². The summed E-state index contributed by atoms with van der Waals surface area (Å²) in [6.07, 6.45) is 3.71. The van der Waals surface area contributed by atoms with E-state index in [4.69, 9.17) is 5.11 Å². The number of carbonyl (C=O) groups excluding carboxylic acids is 1. The van der Waals surface area contributed by atoms with E-state index in [1.165, 1.54) is 0 Å². The first-order chi connectivity index (χ1) is 8.86. The molecule has 0 aliphatic carbocycles. The van der Waals surface area contributed by atoms with Crippen LogP contribution < -0.4 is 5.32 Å². The normalized spacial score (nSPS) is 12.3. The molecule has 0 bridgehead atoms. The molecule has 0 aliphatic heterocycles. The lowest BCUT2D eigenvalue weighted by Gasteiger charge is -2.28. The molecule has 112 valence electrons. The van der Waals surface area contributed by atoms with E-state index in [0.29, 0.717) is 18.9 Å². The van der Waals surface area contributed by atoms with Crippen LogP contribution in [0, 0.1) is 5.92 Å². The van der Waals surface area contributed by atoms with Crippen molar-refractivity contribution in [3.63, 3.8) is 0 Å². The van der Waals surface area contributed by atoms with Gasteiger partial charge >= 0.3 is 12.0 Å². The van der Waals surface area contributed by atoms with E-state index in [-0.39, 0.29) is 18.5 Å². The Balaban J connectivity index is 3.61. The summed E-state index contributed by atoms with van der Waals surface area (Å²) in [4.78, 5) is 23.8. The fourth-order valence-electron chi connectivity index (χ4n) is 1.71. The van der Waals surface area contributed by atoms with Gasteiger partial charge in [-0.05, 0) is 25.7 Å². The van der Waals surface area contributed by atoms with Gasteiger partial charge in [-0.3, -0.25) is 4.79 Å². The molecule has 5 heteroatoms. The van der Waals surface area contributed by atoms with E-state index in [1.807, 2.05) is 14.0 Å². The summed E-state index contributed by atoms with van der Waals surface area (Å²) in [6.45, 7) is 6.88. The van der Waals surface area contributed by atoms with Gasteiger partial charge in [0.25, 0.3) is 0 Å². The van der Waals surface area contributed by atoms with Crippen LogP contribution in [0.2, 0.25) is 0 Å². The maximum absolute atomic E-state index is 11.8. The predicted octanol–water partition coefficient (Wildman–Crippen LogP) is 2.71. The zero-order valence-electron chi connectivity index (χ0n) is 12.6. The van der Waals surface area contributed by atoms with Crippen LogP contribution in [0.1, 0.15) is 52.9 Å². The maximum atomic E-state index is 11.8. The van der Waals surface area contributed by atoms with E-state index in [9.17, 15) is 9.59 Å². The van der Waals surface area contributed by atoms with Gasteiger partial charge in [0.2, 0.25) is 0 Å². The number of amides is 2. The number of unbranched alkanes of at least 4 members (excludes halogenated alkanes) is 3. The number of hydrogen-bond donors (Lipinski definition) is 2. The Morgan fingerprint density at radius 2 is 1.68 bits per heavy atom. The van der Waals surface area contributed by atoms with Crippen LogP contribution in [0.25, 0.3) is 0 Å². The third-order valence-corrected chi connectivity index (χ3v) is 3.49. The molecular weight excluding hydrogens is 244 g/mol. The lowest BCUT2D eigenvalue weighted by molar-refractivity contribution is -0.137. The molecule has 0 saturated heterocycles. The molecule has 0 radical (unpaired) electrons. The van der Waals surface area contributed by atoms with Crippen LogP contribution in [0.3, 0.4) is 0 Å². The van der Waals surface area contributed by atoms with Crippen LogP contribution in [-0.4, -0.2) is 41.6 Å². The average molecular weight is 272 g/mol. The van der Waals surface area contributed by atoms with Gasteiger partial charge in [0.05, 0.1) is 0 Å². The molecule has 1 atom stereocenters. The number of nitrogens with zero attached hydrogens (tertiary/aromatic N) is 1. The summed E-state index contributed by atoms with van der Waals surface area (Å²) in [6, 6.07) is 0.183. The third-order valence-electron chi connectivity index (χ3n) is 3.49. The molecule has 2 amide bonds. The number of carboxylic acid groups (broad SMARTS) is 1. The molecule has 0 saturated carbocycles. The molecule has 0 aromatic rings.